The monoisotopic (exact) mass is 505 g/mol. The molecule has 0 aliphatic rings. The minimum absolute atomic E-state index is 0.225. The number of benzene rings is 3. The maximum absolute atomic E-state index is 12.6. The largest absolute Gasteiger partial charge is 0.422 e. The minimum Gasteiger partial charge on any atom is -0.422 e. The summed E-state index contributed by atoms with van der Waals surface area (Å²) >= 11 is 7.62. The van der Waals surface area contributed by atoms with E-state index in [-0.39, 0.29) is 12.5 Å². The predicted molar refractivity (Wildman–Crippen MR) is 137 cm³/mol. The van der Waals surface area contributed by atoms with E-state index in [2.05, 4.69) is 15.8 Å². The number of thiophene rings is 1. The summed E-state index contributed by atoms with van der Waals surface area (Å²) in [5.41, 5.74) is 4.45. The first kappa shape index (κ1) is 24.1. The second kappa shape index (κ2) is 10.9. The second-order valence-electron chi connectivity index (χ2n) is 7.55. The van der Waals surface area contributed by atoms with Gasteiger partial charge in [0.1, 0.15) is 10.6 Å². The molecule has 0 radical (unpaired) electrons. The van der Waals surface area contributed by atoms with Gasteiger partial charge in [0.05, 0.1) is 17.8 Å². The summed E-state index contributed by atoms with van der Waals surface area (Å²) < 4.78 is 6.38. The van der Waals surface area contributed by atoms with E-state index in [4.69, 9.17) is 16.3 Å². The molecule has 0 spiro atoms. The Morgan fingerprint density at radius 2 is 1.80 bits per heavy atom. The standard InChI is InChI=1S/C26H20ClN3O4S/c1-16-9-11-18(12-10-16)25(32)28-15-22(31)30-29-14-17-5-4-6-19(13-17)34-26(33)24-23(27)20-7-2-3-8-21(20)35-24/h2-14H,15H2,1H3,(H,28,32)(H,30,31)/b29-14-. The summed E-state index contributed by atoms with van der Waals surface area (Å²) in [6, 6.07) is 21.2. The van der Waals surface area contributed by atoms with Gasteiger partial charge >= 0.3 is 5.97 Å². The molecule has 0 saturated heterocycles. The van der Waals surface area contributed by atoms with Crippen molar-refractivity contribution < 1.29 is 19.1 Å². The van der Waals surface area contributed by atoms with Crippen LogP contribution in [0.2, 0.25) is 5.02 Å². The number of aryl methyl sites for hydroxylation is 1. The lowest BCUT2D eigenvalue weighted by atomic mass is 10.1. The number of nitrogens with one attached hydrogen (secondary N) is 2. The van der Waals surface area contributed by atoms with Crippen LogP contribution in [0.5, 0.6) is 5.75 Å². The van der Waals surface area contributed by atoms with E-state index in [0.717, 1.165) is 15.6 Å². The predicted octanol–water partition coefficient (Wildman–Crippen LogP) is 4.96. The number of ether oxygens (including phenoxy) is 1. The Kier molecular flexibility index (Phi) is 7.54. The lowest BCUT2D eigenvalue weighted by Crippen LogP contribution is -2.34. The highest BCUT2D eigenvalue weighted by molar-refractivity contribution is 7.21. The van der Waals surface area contributed by atoms with Crippen molar-refractivity contribution in [1.29, 1.82) is 0 Å². The Morgan fingerprint density at radius 1 is 1.03 bits per heavy atom. The molecular formula is C26H20ClN3O4S. The van der Waals surface area contributed by atoms with Crippen LogP contribution in [0.1, 0.15) is 31.2 Å². The fraction of sp³-hybridized carbons (Fsp3) is 0.0769. The van der Waals surface area contributed by atoms with Crippen LogP contribution in [0, 0.1) is 6.92 Å². The highest BCUT2D eigenvalue weighted by atomic mass is 35.5. The summed E-state index contributed by atoms with van der Waals surface area (Å²) in [6.45, 7) is 1.70. The summed E-state index contributed by atoms with van der Waals surface area (Å²) in [5.74, 6) is -1.08. The number of carbonyl (C=O) groups excluding carboxylic acids is 3. The van der Waals surface area contributed by atoms with E-state index in [0.29, 0.717) is 26.8 Å². The van der Waals surface area contributed by atoms with E-state index in [1.807, 2.05) is 43.3 Å². The lowest BCUT2D eigenvalue weighted by Gasteiger charge is -2.05. The molecule has 4 aromatic rings. The molecule has 0 aliphatic carbocycles. The molecule has 0 aliphatic heterocycles. The zero-order valence-corrected chi connectivity index (χ0v) is 20.2. The summed E-state index contributed by atoms with van der Waals surface area (Å²) in [7, 11) is 0. The molecule has 0 saturated carbocycles. The van der Waals surface area contributed by atoms with Gasteiger partial charge in [0.25, 0.3) is 11.8 Å². The van der Waals surface area contributed by atoms with Crippen molar-refractivity contribution in [1.82, 2.24) is 10.7 Å². The van der Waals surface area contributed by atoms with Crippen molar-refractivity contribution in [2.24, 2.45) is 5.10 Å². The average molecular weight is 506 g/mol. The molecule has 9 heteroatoms. The zero-order valence-electron chi connectivity index (χ0n) is 18.6. The van der Waals surface area contributed by atoms with Gasteiger partial charge in [-0.05, 0) is 42.8 Å². The van der Waals surface area contributed by atoms with Gasteiger partial charge in [0.2, 0.25) is 0 Å². The van der Waals surface area contributed by atoms with Gasteiger partial charge in [0.15, 0.2) is 0 Å². The van der Waals surface area contributed by atoms with Gasteiger partial charge in [-0.3, -0.25) is 9.59 Å². The van der Waals surface area contributed by atoms with E-state index in [9.17, 15) is 14.4 Å². The SMILES string of the molecule is Cc1ccc(C(=O)NCC(=O)N/N=C\c2cccc(OC(=O)c3sc4ccccc4c3Cl)c2)cc1. The topological polar surface area (TPSA) is 96.9 Å². The van der Waals surface area contributed by atoms with E-state index in [1.165, 1.54) is 17.6 Å². The lowest BCUT2D eigenvalue weighted by molar-refractivity contribution is -0.120. The van der Waals surface area contributed by atoms with Crippen LogP contribution in [-0.4, -0.2) is 30.5 Å². The van der Waals surface area contributed by atoms with Crippen molar-refractivity contribution in [2.75, 3.05) is 6.54 Å². The van der Waals surface area contributed by atoms with Crippen molar-refractivity contribution in [3.8, 4) is 5.75 Å². The van der Waals surface area contributed by atoms with Crippen molar-refractivity contribution in [3.63, 3.8) is 0 Å². The Morgan fingerprint density at radius 3 is 2.57 bits per heavy atom. The number of amides is 2. The molecule has 176 valence electrons. The summed E-state index contributed by atoms with van der Waals surface area (Å²) in [6.07, 6.45) is 1.41. The van der Waals surface area contributed by atoms with Crippen LogP contribution in [0.4, 0.5) is 0 Å². The van der Waals surface area contributed by atoms with Gasteiger partial charge < -0.3 is 10.1 Å². The first-order valence-electron chi connectivity index (χ1n) is 10.6. The van der Waals surface area contributed by atoms with E-state index < -0.39 is 11.9 Å². The molecule has 1 heterocycles. The Labute approximate surface area is 210 Å². The number of nitrogens with zero attached hydrogens (tertiary/aromatic N) is 1. The number of esters is 1. The van der Waals surface area contributed by atoms with Gasteiger partial charge in [-0.2, -0.15) is 5.10 Å². The first-order valence-corrected chi connectivity index (χ1v) is 11.8. The maximum atomic E-state index is 12.6. The number of hydrazone groups is 1. The normalized spacial score (nSPS) is 10.9. The smallest absolute Gasteiger partial charge is 0.355 e. The Balaban J connectivity index is 1.31. The number of carbonyl (C=O) groups is 3. The van der Waals surface area contributed by atoms with Crippen molar-refractivity contribution in [3.05, 3.63) is 99.4 Å². The minimum atomic E-state index is -0.553. The molecule has 0 atom stereocenters. The number of fused-ring (bicyclic) bond motifs is 1. The highest BCUT2D eigenvalue weighted by Gasteiger charge is 2.19. The van der Waals surface area contributed by atoms with Gasteiger partial charge in [-0.25, -0.2) is 10.2 Å². The quantitative estimate of drug-likeness (QED) is 0.160. The first-order chi connectivity index (χ1) is 16.9. The molecule has 2 N–H and O–H groups in total. The Bertz CT molecular complexity index is 1430. The fourth-order valence-corrected chi connectivity index (χ4v) is 4.53. The third-order valence-electron chi connectivity index (χ3n) is 4.92. The highest BCUT2D eigenvalue weighted by Crippen LogP contribution is 2.35. The third kappa shape index (κ3) is 6.11. The van der Waals surface area contributed by atoms with Gasteiger partial charge in [0, 0.05) is 15.6 Å². The fourth-order valence-electron chi connectivity index (χ4n) is 3.14. The van der Waals surface area contributed by atoms with Crippen LogP contribution >= 0.6 is 22.9 Å². The molecule has 0 unspecified atom stereocenters. The number of hydrogen-bond donors (Lipinski definition) is 2. The van der Waals surface area contributed by atoms with Crippen LogP contribution in [0.15, 0.2) is 77.9 Å². The maximum Gasteiger partial charge on any atom is 0.355 e. The molecule has 3 aromatic carbocycles. The number of rotatable bonds is 7. The van der Waals surface area contributed by atoms with Crippen LogP contribution in [-0.2, 0) is 4.79 Å². The molecule has 1 aromatic heterocycles. The Hall–Kier alpha value is -4.01. The van der Waals surface area contributed by atoms with E-state index >= 15 is 0 Å². The molecule has 2 amide bonds. The average Bonchev–Trinajstić information content (AvgIpc) is 3.20. The van der Waals surface area contributed by atoms with Crippen molar-refractivity contribution >= 4 is 57.0 Å². The second-order valence-corrected chi connectivity index (χ2v) is 8.98. The summed E-state index contributed by atoms with van der Waals surface area (Å²) in [4.78, 5) is 37.0. The molecule has 35 heavy (non-hydrogen) atoms. The number of halogens is 1. The van der Waals surface area contributed by atoms with Crippen LogP contribution in [0.3, 0.4) is 0 Å². The molecule has 0 fully saturated rings. The van der Waals surface area contributed by atoms with Crippen LogP contribution < -0.4 is 15.5 Å². The zero-order chi connectivity index (χ0) is 24.8. The van der Waals surface area contributed by atoms with E-state index in [1.54, 1.807) is 36.4 Å². The van der Waals surface area contributed by atoms with Gasteiger partial charge in [-0.15, -0.1) is 11.3 Å². The van der Waals surface area contributed by atoms with Crippen LogP contribution in [0.25, 0.3) is 10.1 Å². The molecular weight excluding hydrogens is 486 g/mol. The molecule has 4 rings (SSSR count). The van der Waals surface area contributed by atoms with Crippen molar-refractivity contribution in [2.45, 2.75) is 6.92 Å². The number of hydrogen-bond acceptors (Lipinski definition) is 6. The summed E-state index contributed by atoms with van der Waals surface area (Å²) in [5, 5.41) is 7.59. The molecule has 7 nitrogen and oxygen atoms in total. The van der Waals surface area contributed by atoms with Gasteiger partial charge in [-0.1, -0.05) is 59.6 Å². The molecule has 0 bridgehead atoms. The third-order valence-corrected chi connectivity index (χ3v) is 6.57.